The predicted octanol–water partition coefficient (Wildman–Crippen LogP) is 13.9. The van der Waals surface area contributed by atoms with Crippen molar-refractivity contribution < 1.29 is 4.42 Å². The molecule has 4 aromatic heterocycles. The molecule has 8 aromatic carbocycles. The third-order valence-corrected chi connectivity index (χ3v) is 12.3. The van der Waals surface area contributed by atoms with Gasteiger partial charge in [-0.3, -0.25) is 0 Å². The number of thiophene rings is 1. The Morgan fingerprint density at radius 2 is 1.00 bits per heavy atom. The number of benzene rings is 8. The second-order valence-electron chi connectivity index (χ2n) is 14.3. The highest BCUT2D eigenvalue weighted by molar-refractivity contribution is 7.26. The molecule has 12 rings (SSSR count). The van der Waals surface area contributed by atoms with E-state index in [0.717, 1.165) is 65.6 Å². The molecular weight excluding hydrogens is 717 g/mol. The Morgan fingerprint density at radius 1 is 0.421 bits per heavy atom. The largest absolute Gasteiger partial charge is 0.454 e. The van der Waals surface area contributed by atoms with Gasteiger partial charge in [-0.25, -0.2) is 15.0 Å². The number of hydrogen-bond donors (Lipinski definition) is 0. The van der Waals surface area contributed by atoms with Crippen molar-refractivity contribution in [3.8, 4) is 51.0 Å². The lowest BCUT2D eigenvalue weighted by molar-refractivity contribution is 0.666. The summed E-state index contributed by atoms with van der Waals surface area (Å²) in [5, 5.41) is 7.04. The van der Waals surface area contributed by atoms with Gasteiger partial charge in [-0.2, -0.15) is 0 Å². The minimum atomic E-state index is 0.653. The van der Waals surface area contributed by atoms with Crippen molar-refractivity contribution in [1.29, 1.82) is 0 Å². The first-order valence-corrected chi connectivity index (χ1v) is 19.8. The summed E-state index contributed by atoms with van der Waals surface area (Å²) in [4.78, 5) is 15.1. The molecule has 0 radical (unpaired) electrons. The van der Waals surface area contributed by atoms with Crippen LogP contribution in [0.5, 0.6) is 0 Å². The Bertz CT molecular complexity index is 3420. The summed E-state index contributed by atoms with van der Waals surface area (Å²) in [5.41, 5.74) is 10.3. The summed E-state index contributed by atoms with van der Waals surface area (Å²) in [5.74, 6) is 1.96. The smallest absolute Gasteiger partial charge is 0.165 e. The summed E-state index contributed by atoms with van der Waals surface area (Å²) < 4.78 is 11.4. The molecule has 0 spiro atoms. The number of hydrogen-bond acceptors (Lipinski definition) is 5. The van der Waals surface area contributed by atoms with E-state index in [1.54, 1.807) is 11.3 Å². The van der Waals surface area contributed by atoms with Gasteiger partial charge >= 0.3 is 0 Å². The molecule has 5 nitrogen and oxygen atoms in total. The van der Waals surface area contributed by atoms with Crippen LogP contribution in [0.1, 0.15) is 0 Å². The van der Waals surface area contributed by atoms with E-state index in [-0.39, 0.29) is 0 Å². The van der Waals surface area contributed by atoms with Gasteiger partial charge in [-0.15, -0.1) is 11.3 Å². The summed E-state index contributed by atoms with van der Waals surface area (Å²) in [6.07, 6.45) is 0. The number of fused-ring (bicyclic) bond motifs is 9. The lowest BCUT2D eigenvalue weighted by atomic mass is 9.97. The number of para-hydroxylation sites is 3. The van der Waals surface area contributed by atoms with E-state index >= 15 is 0 Å². The van der Waals surface area contributed by atoms with Crippen LogP contribution >= 0.6 is 11.3 Å². The van der Waals surface area contributed by atoms with Crippen molar-refractivity contribution in [2.75, 3.05) is 0 Å². The fourth-order valence-electron chi connectivity index (χ4n) is 8.50. The molecule has 0 aliphatic heterocycles. The highest BCUT2D eigenvalue weighted by atomic mass is 32.1. The van der Waals surface area contributed by atoms with Gasteiger partial charge in [-0.05, 0) is 53.6 Å². The lowest BCUT2D eigenvalue weighted by Crippen LogP contribution is -2.00. The topological polar surface area (TPSA) is 56.7 Å². The van der Waals surface area contributed by atoms with Gasteiger partial charge in [0, 0.05) is 58.4 Å². The maximum Gasteiger partial charge on any atom is 0.165 e. The van der Waals surface area contributed by atoms with Crippen LogP contribution in [-0.2, 0) is 0 Å². The Kier molecular flexibility index (Phi) is 7.03. The number of rotatable bonds is 5. The molecule has 0 N–H and O–H groups in total. The van der Waals surface area contributed by atoms with Crippen molar-refractivity contribution in [3.63, 3.8) is 0 Å². The van der Waals surface area contributed by atoms with E-state index in [1.807, 2.05) is 60.7 Å². The molecular formula is C51H30N4OS. The summed E-state index contributed by atoms with van der Waals surface area (Å²) in [7, 11) is 0. The molecule has 0 aliphatic rings. The van der Waals surface area contributed by atoms with E-state index in [9.17, 15) is 0 Å². The van der Waals surface area contributed by atoms with E-state index in [4.69, 9.17) is 19.4 Å². The molecule has 6 heteroatoms. The molecule has 0 saturated heterocycles. The van der Waals surface area contributed by atoms with Crippen LogP contribution in [-0.4, -0.2) is 19.5 Å². The second kappa shape index (κ2) is 12.6. The first kappa shape index (κ1) is 31.9. The second-order valence-corrected chi connectivity index (χ2v) is 15.4. The molecule has 0 fully saturated rings. The fourth-order valence-corrected chi connectivity index (χ4v) is 9.74. The molecule has 0 aliphatic carbocycles. The van der Waals surface area contributed by atoms with Crippen LogP contribution in [0.15, 0.2) is 186 Å². The zero-order valence-corrected chi connectivity index (χ0v) is 31.2. The lowest BCUT2D eigenvalue weighted by Gasteiger charge is -2.09. The zero-order chi connectivity index (χ0) is 37.5. The van der Waals surface area contributed by atoms with Gasteiger partial charge in [-0.1, -0.05) is 140 Å². The van der Waals surface area contributed by atoms with Crippen LogP contribution in [0.2, 0.25) is 0 Å². The average Bonchev–Trinajstić information content (AvgIpc) is 3.96. The van der Waals surface area contributed by atoms with Gasteiger partial charge < -0.3 is 8.98 Å². The maximum atomic E-state index is 6.75. The Balaban J connectivity index is 1.03. The molecule has 0 unspecified atom stereocenters. The fraction of sp³-hybridized carbons (Fsp3) is 0. The highest BCUT2D eigenvalue weighted by Gasteiger charge is 2.21. The normalized spacial score (nSPS) is 11.9. The minimum Gasteiger partial charge on any atom is -0.454 e. The third kappa shape index (κ3) is 4.98. The number of aromatic nitrogens is 4. The van der Waals surface area contributed by atoms with Crippen molar-refractivity contribution >= 4 is 75.3 Å². The van der Waals surface area contributed by atoms with E-state index < -0.39 is 0 Å². The molecule has 0 bridgehead atoms. The predicted molar refractivity (Wildman–Crippen MR) is 236 cm³/mol. The van der Waals surface area contributed by atoms with Gasteiger partial charge in [0.25, 0.3) is 0 Å². The summed E-state index contributed by atoms with van der Waals surface area (Å²) in [6, 6.07) is 63.7. The molecule has 0 saturated carbocycles. The molecule has 4 heterocycles. The average molecular weight is 747 g/mol. The van der Waals surface area contributed by atoms with Gasteiger partial charge in [0.05, 0.1) is 16.7 Å². The minimum absolute atomic E-state index is 0.653. The molecule has 57 heavy (non-hydrogen) atoms. The third-order valence-electron chi connectivity index (χ3n) is 11.1. The van der Waals surface area contributed by atoms with Crippen LogP contribution in [0.3, 0.4) is 0 Å². The molecule has 0 amide bonds. The van der Waals surface area contributed by atoms with Crippen molar-refractivity contribution in [2.24, 2.45) is 0 Å². The molecule has 0 atom stereocenters. The Morgan fingerprint density at radius 3 is 1.72 bits per heavy atom. The Labute approximate surface area is 330 Å². The molecule has 266 valence electrons. The van der Waals surface area contributed by atoms with Crippen LogP contribution in [0.4, 0.5) is 0 Å². The van der Waals surface area contributed by atoms with Crippen molar-refractivity contribution in [1.82, 2.24) is 19.5 Å². The highest BCUT2D eigenvalue weighted by Crippen LogP contribution is 2.45. The number of nitrogens with zero attached hydrogens (tertiary/aromatic N) is 4. The molecule has 12 aromatic rings. The van der Waals surface area contributed by atoms with Crippen LogP contribution in [0.25, 0.3) is 115 Å². The van der Waals surface area contributed by atoms with Crippen LogP contribution in [0, 0.1) is 0 Å². The quantitative estimate of drug-likeness (QED) is 0.176. The van der Waals surface area contributed by atoms with E-state index in [0.29, 0.717) is 17.5 Å². The monoisotopic (exact) mass is 746 g/mol. The maximum absolute atomic E-state index is 6.75. The van der Waals surface area contributed by atoms with E-state index in [2.05, 4.69) is 126 Å². The first-order valence-electron chi connectivity index (χ1n) is 19.0. The van der Waals surface area contributed by atoms with Gasteiger partial charge in [0.15, 0.2) is 23.1 Å². The van der Waals surface area contributed by atoms with Gasteiger partial charge in [0.1, 0.15) is 5.58 Å². The van der Waals surface area contributed by atoms with Gasteiger partial charge in [0.2, 0.25) is 0 Å². The summed E-state index contributed by atoms with van der Waals surface area (Å²) >= 11 is 1.78. The zero-order valence-electron chi connectivity index (χ0n) is 30.4. The van der Waals surface area contributed by atoms with Crippen molar-refractivity contribution in [3.05, 3.63) is 182 Å². The standard InChI is InChI=1S/C51H30N4OS/c1-3-14-31(15-4-1)49-52-50(32-16-5-2-6-17-32)54-51(53-49)39-23-11-22-38-46-34(20-13-27-45(46)57-48(38)39)33-28-29-44-40(30-33)37-21-12-26-43(47(37)56-44)55-41-24-9-7-18-35(41)36-19-8-10-25-42(36)55/h1-30H. The summed E-state index contributed by atoms with van der Waals surface area (Å²) in [6.45, 7) is 0. The van der Waals surface area contributed by atoms with E-state index in [1.165, 1.54) is 31.8 Å². The SMILES string of the molecule is c1ccc(-c2nc(-c3ccccc3)nc(-c3cccc4c3sc3cccc(-c5ccc6oc7c(-n8c9ccccc9c9ccccc98)cccc7c6c5)c34)n2)cc1. The Hall–Kier alpha value is -7.41. The van der Waals surface area contributed by atoms with Crippen LogP contribution < -0.4 is 0 Å². The van der Waals surface area contributed by atoms with Crippen molar-refractivity contribution in [2.45, 2.75) is 0 Å². The first-order chi connectivity index (χ1) is 28.3. The number of furan rings is 1.